The number of hydrogen-bond donors (Lipinski definition) is 1. The molecule has 0 radical (unpaired) electrons. The van der Waals surface area contributed by atoms with E-state index in [1.54, 1.807) is 4.88 Å². The fourth-order valence-corrected chi connectivity index (χ4v) is 4.74. The Morgan fingerprint density at radius 3 is 2.95 bits per heavy atom. The SMILES string of the molecule is C1Cc2nc(C3(NC4CC4)CCCOCC3)sc2C1. The lowest BCUT2D eigenvalue weighted by molar-refractivity contribution is 0.136. The van der Waals surface area contributed by atoms with Gasteiger partial charge >= 0.3 is 0 Å². The summed E-state index contributed by atoms with van der Waals surface area (Å²) in [6, 6.07) is 0.733. The summed E-state index contributed by atoms with van der Waals surface area (Å²) in [5.41, 5.74) is 1.51. The van der Waals surface area contributed by atoms with Gasteiger partial charge in [-0.15, -0.1) is 11.3 Å². The van der Waals surface area contributed by atoms with Crippen molar-refractivity contribution in [2.24, 2.45) is 0 Å². The van der Waals surface area contributed by atoms with E-state index in [0.717, 1.165) is 32.1 Å². The fraction of sp³-hybridized carbons (Fsp3) is 0.800. The molecule has 1 aromatic heterocycles. The van der Waals surface area contributed by atoms with Crippen LogP contribution in [0.15, 0.2) is 0 Å². The number of rotatable bonds is 3. The Kier molecular flexibility index (Phi) is 3.13. The lowest BCUT2D eigenvalue weighted by Gasteiger charge is -2.32. The predicted molar refractivity (Wildman–Crippen MR) is 76.6 cm³/mol. The normalized spacial score (nSPS) is 31.2. The van der Waals surface area contributed by atoms with Gasteiger partial charge in [-0.25, -0.2) is 4.98 Å². The van der Waals surface area contributed by atoms with Crippen LogP contribution in [0.4, 0.5) is 0 Å². The summed E-state index contributed by atoms with van der Waals surface area (Å²) in [6.45, 7) is 1.79. The minimum Gasteiger partial charge on any atom is -0.381 e. The molecule has 19 heavy (non-hydrogen) atoms. The Morgan fingerprint density at radius 2 is 2.11 bits per heavy atom. The van der Waals surface area contributed by atoms with Gasteiger partial charge in [-0.05, 0) is 51.4 Å². The minimum atomic E-state index is 0.118. The van der Waals surface area contributed by atoms with Crippen molar-refractivity contribution in [1.29, 1.82) is 0 Å². The Labute approximate surface area is 118 Å². The van der Waals surface area contributed by atoms with Crippen LogP contribution in [0.1, 0.15) is 54.1 Å². The van der Waals surface area contributed by atoms with Crippen LogP contribution >= 0.6 is 11.3 Å². The molecule has 1 atom stereocenters. The first-order valence-electron chi connectivity index (χ1n) is 7.70. The van der Waals surface area contributed by atoms with Crippen molar-refractivity contribution in [3.8, 4) is 0 Å². The topological polar surface area (TPSA) is 34.2 Å². The van der Waals surface area contributed by atoms with E-state index in [1.165, 1.54) is 49.2 Å². The van der Waals surface area contributed by atoms with E-state index in [9.17, 15) is 0 Å². The molecule has 1 N–H and O–H groups in total. The average Bonchev–Trinajstić information content (AvgIpc) is 3.02. The van der Waals surface area contributed by atoms with Crippen LogP contribution < -0.4 is 5.32 Å². The summed E-state index contributed by atoms with van der Waals surface area (Å²) in [6.07, 6.45) is 9.88. The molecule has 3 nitrogen and oxygen atoms in total. The van der Waals surface area contributed by atoms with Gasteiger partial charge in [-0.2, -0.15) is 0 Å². The van der Waals surface area contributed by atoms with E-state index in [4.69, 9.17) is 9.72 Å². The molecule has 0 spiro atoms. The van der Waals surface area contributed by atoms with E-state index >= 15 is 0 Å². The van der Waals surface area contributed by atoms with Crippen molar-refractivity contribution in [2.45, 2.75) is 62.9 Å². The molecule has 1 aliphatic heterocycles. The summed E-state index contributed by atoms with van der Waals surface area (Å²) in [5, 5.41) is 5.28. The Hall–Kier alpha value is -0.450. The van der Waals surface area contributed by atoms with E-state index in [0.29, 0.717) is 0 Å². The number of aryl methyl sites for hydroxylation is 2. The summed E-state index contributed by atoms with van der Waals surface area (Å²) >= 11 is 1.98. The number of hydrogen-bond acceptors (Lipinski definition) is 4. The highest BCUT2D eigenvalue weighted by Crippen LogP contribution is 2.40. The molecule has 3 aliphatic rings. The average molecular weight is 278 g/mol. The van der Waals surface area contributed by atoms with E-state index in [2.05, 4.69) is 5.32 Å². The van der Waals surface area contributed by atoms with Gasteiger partial charge in [0, 0.05) is 24.1 Å². The number of aromatic nitrogens is 1. The van der Waals surface area contributed by atoms with Crippen LogP contribution in [0.5, 0.6) is 0 Å². The fourth-order valence-electron chi connectivity index (χ4n) is 3.38. The Morgan fingerprint density at radius 1 is 1.16 bits per heavy atom. The van der Waals surface area contributed by atoms with E-state index in [-0.39, 0.29) is 5.54 Å². The molecule has 0 aromatic carbocycles. The van der Waals surface area contributed by atoms with Gasteiger partial charge in [-0.1, -0.05) is 0 Å². The van der Waals surface area contributed by atoms with Crippen LogP contribution in [0.25, 0.3) is 0 Å². The Balaban J connectivity index is 1.66. The van der Waals surface area contributed by atoms with Gasteiger partial charge in [0.05, 0.1) is 11.2 Å². The van der Waals surface area contributed by atoms with Gasteiger partial charge < -0.3 is 10.1 Å². The van der Waals surface area contributed by atoms with Crippen molar-refractivity contribution in [3.05, 3.63) is 15.6 Å². The first kappa shape index (κ1) is 12.3. The van der Waals surface area contributed by atoms with Crippen molar-refractivity contribution >= 4 is 11.3 Å². The highest BCUT2D eigenvalue weighted by Gasteiger charge is 2.41. The summed E-state index contributed by atoms with van der Waals surface area (Å²) in [5.74, 6) is 0. The third-order valence-electron chi connectivity index (χ3n) is 4.63. The highest BCUT2D eigenvalue weighted by atomic mass is 32.1. The summed E-state index contributed by atoms with van der Waals surface area (Å²) < 4.78 is 5.69. The first-order chi connectivity index (χ1) is 9.36. The van der Waals surface area contributed by atoms with Crippen molar-refractivity contribution in [1.82, 2.24) is 10.3 Å². The van der Waals surface area contributed by atoms with Crippen LogP contribution in [0.3, 0.4) is 0 Å². The molecule has 1 saturated carbocycles. The third-order valence-corrected chi connectivity index (χ3v) is 5.99. The number of ether oxygens (including phenoxy) is 1. The molecule has 2 aliphatic carbocycles. The van der Waals surface area contributed by atoms with Crippen molar-refractivity contribution in [3.63, 3.8) is 0 Å². The second-order valence-electron chi connectivity index (χ2n) is 6.21. The van der Waals surface area contributed by atoms with Gasteiger partial charge in [0.2, 0.25) is 0 Å². The number of nitrogens with one attached hydrogen (secondary N) is 1. The Bertz CT molecular complexity index is 437. The smallest absolute Gasteiger partial charge is 0.113 e. The second-order valence-corrected chi connectivity index (χ2v) is 7.29. The molecule has 1 aromatic rings. The first-order valence-corrected chi connectivity index (χ1v) is 8.52. The maximum absolute atomic E-state index is 5.69. The molecule has 2 fully saturated rings. The predicted octanol–water partition coefficient (Wildman–Crippen LogP) is 2.78. The monoisotopic (exact) mass is 278 g/mol. The van der Waals surface area contributed by atoms with Gasteiger partial charge in [0.15, 0.2) is 0 Å². The van der Waals surface area contributed by atoms with Crippen LogP contribution in [0, 0.1) is 0 Å². The highest BCUT2D eigenvalue weighted by molar-refractivity contribution is 7.12. The third kappa shape index (κ3) is 2.34. The summed E-state index contributed by atoms with van der Waals surface area (Å²) in [7, 11) is 0. The molecule has 0 amide bonds. The van der Waals surface area contributed by atoms with Gasteiger partial charge in [-0.3, -0.25) is 0 Å². The molecule has 4 rings (SSSR count). The van der Waals surface area contributed by atoms with Crippen molar-refractivity contribution in [2.75, 3.05) is 13.2 Å². The van der Waals surface area contributed by atoms with Crippen LogP contribution in [-0.2, 0) is 23.1 Å². The molecular weight excluding hydrogens is 256 g/mol. The maximum atomic E-state index is 5.69. The number of nitrogens with zero attached hydrogens (tertiary/aromatic N) is 1. The second kappa shape index (κ2) is 4.83. The maximum Gasteiger partial charge on any atom is 0.113 e. The van der Waals surface area contributed by atoms with Crippen molar-refractivity contribution < 1.29 is 4.74 Å². The minimum absolute atomic E-state index is 0.118. The quantitative estimate of drug-likeness (QED) is 0.923. The van der Waals surface area contributed by atoms with Gasteiger partial charge in [0.25, 0.3) is 0 Å². The molecule has 2 heterocycles. The zero-order chi connectivity index (χ0) is 12.7. The summed E-state index contributed by atoms with van der Waals surface area (Å²) in [4.78, 5) is 6.56. The van der Waals surface area contributed by atoms with E-state index < -0.39 is 0 Å². The lowest BCUT2D eigenvalue weighted by Crippen LogP contribution is -2.44. The molecular formula is C15H22N2OS. The zero-order valence-corrected chi connectivity index (χ0v) is 12.2. The molecule has 1 saturated heterocycles. The van der Waals surface area contributed by atoms with Crippen LogP contribution in [-0.4, -0.2) is 24.2 Å². The van der Waals surface area contributed by atoms with Gasteiger partial charge in [0.1, 0.15) is 5.01 Å². The van der Waals surface area contributed by atoms with Crippen LogP contribution in [0.2, 0.25) is 0 Å². The molecule has 1 unspecified atom stereocenters. The lowest BCUT2D eigenvalue weighted by atomic mass is 9.91. The number of thiazole rings is 1. The largest absolute Gasteiger partial charge is 0.381 e. The molecule has 0 bridgehead atoms. The standard InChI is InChI=1S/C15H22N2OS/c1-3-12-13(4-1)19-14(16-12)15(17-11-5-6-11)7-2-9-18-10-8-15/h11,17H,1-10H2. The van der Waals surface area contributed by atoms with E-state index in [1.807, 2.05) is 11.3 Å². The zero-order valence-electron chi connectivity index (χ0n) is 11.4. The molecule has 4 heteroatoms. The molecule has 104 valence electrons. The number of fused-ring (bicyclic) bond motifs is 1.